The summed E-state index contributed by atoms with van der Waals surface area (Å²) in [6.45, 7) is 2.89. The van der Waals surface area contributed by atoms with Crippen molar-refractivity contribution >= 4 is 28.9 Å². The summed E-state index contributed by atoms with van der Waals surface area (Å²) in [4.78, 5) is 42.6. The molecule has 174 valence electrons. The number of non-ortho nitro benzene ring substituents is 1. The number of aromatic nitrogens is 2. The first-order valence-electron chi connectivity index (χ1n) is 10.7. The maximum Gasteiger partial charge on any atom is 0.269 e. The summed E-state index contributed by atoms with van der Waals surface area (Å²) < 4.78 is 0. The number of amides is 2. The fourth-order valence-electron chi connectivity index (χ4n) is 3.46. The number of carbonyl (C=O) groups excluding carboxylic acids is 2. The van der Waals surface area contributed by atoms with E-state index < -0.39 is 4.92 Å². The Morgan fingerprint density at radius 1 is 0.686 bits per heavy atom. The van der Waals surface area contributed by atoms with Gasteiger partial charge in [0.2, 0.25) is 11.8 Å². The zero-order valence-corrected chi connectivity index (χ0v) is 19.0. The fraction of sp³-hybridized carbons (Fsp3) is 0.0769. The Morgan fingerprint density at radius 3 is 1.46 bits per heavy atom. The van der Waals surface area contributed by atoms with Crippen LogP contribution < -0.4 is 10.6 Å². The van der Waals surface area contributed by atoms with Crippen LogP contribution in [-0.4, -0.2) is 26.7 Å². The van der Waals surface area contributed by atoms with Crippen molar-refractivity contribution in [3.05, 3.63) is 89.0 Å². The highest BCUT2D eigenvalue weighted by Crippen LogP contribution is 2.29. The molecule has 9 heteroatoms. The van der Waals surface area contributed by atoms with Gasteiger partial charge >= 0.3 is 0 Å². The smallest absolute Gasteiger partial charge is 0.269 e. The van der Waals surface area contributed by atoms with E-state index in [1.165, 1.54) is 26.0 Å². The molecule has 3 aromatic carbocycles. The Morgan fingerprint density at radius 2 is 1.09 bits per heavy atom. The molecule has 4 rings (SSSR count). The number of hydrogen-bond acceptors (Lipinski definition) is 6. The SMILES string of the molecule is CC(=O)Nc1ccc(-c2cc(-c3ccc(NC(C)=O)cc3)nc(-c3ccc([N+](=O)[O-])cc3)n2)cc1. The largest absolute Gasteiger partial charge is 0.326 e. The van der Waals surface area contributed by atoms with E-state index in [9.17, 15) is 19.7 Å². The molecule has 0 aliphatic heterocycles. The molecule has 0 radical (unpaired) electrons. The van der Waals surface area contributed by atoms with Crippen LogP contribution in [0.5, 0.6) is 0 Å². The molecule has 0 aliphatic carbocycles. The number of benzene rings is 3. The molecule has 9 nitrogen and oxygen atoms in total. The standard InChI is InChI=1S/C26H21N5O4/c1-16(32)27-21-9-3-18(4-10-21)24-15-25(19-5-11-22(12-6-19)28-17(2)33)30-26(29-24)20-7-13-23(14-8-20)31(34)35/h3-15H,1-2H3,(H,27,32)(H,28,33). The second kappa shape index (κ2) is 9.92. The molecule has 0 aliphatic rings. The molecule has 1 heterocycles. The lowest BCUT2D eigenvalue weighted by atomic mass is 10.1. The highest BCUT2D eigenvalue weighted by Gasteiger charge is 2.13. The second-order valence-electron chi connectivity index (χ2n) is 7.78. The summed E-state index contributed by atoms with van der Waals surface area (Å²) in [5, 5.41) is 16.5. The monoisotopic (exact) mass is 467 g/mol. The third-order valence-corrected chi connectivity index (χ3v) is 5.06. The molecule has 4 aromatic rings. The molecule has 0 saturated heterocycles. The fourth-order valence-corrected chi connectivity index (χ4v) is 3.46. The number of nitro groups is 1. The topological polar surface area (TPSA) is 127 Å². The molecule has 0 saturated carbocycles. The van der Waals surface area contributed by atoms with Crippen molar-refractivity contribution in [2.75, 3.05) is 10.6 Å². The molecule has 0 spiro atoms. The van der Waals surface area contributed by atoms with Crippen molar-refractivity contribution in [1.29, 1.82) is 0 Å². The van der Waals surface area contributed by atoms with E-state index in [0.717, 1.165) is 11.1 Å². The minimum absolute atomic E-state index is 0.0211. The summed E-state index contributed by atoms with van der Waals surface area (Å²) in [5.41, 5.74) is 4.84. The molecular weight excluding hydrogens is 446 g/mol. The van der Waals surface area contributed by atoms with E-state index in [-0.39, 0.29) is 17.5 Å². The number of nitrogens with zero attached hydrogens (tertiary/aromatic N) is 3. The normalized spacial score (nSPS) is 10.5. The summed E-state index contributed by atoms with van der Waals surface area (Å²) >= 11 is 0. The number of carbonyl (C=O) groups is 2. The average Bonchev–Trinajstić information content (AvgIpc) is 2.84. The first kappa shape index (κ1) is 23.2. The van der Waals surface area contributed by atoms with Gasteiger partial charge in [-0.1, -0.05) is 24.3 Å². The summed E-state index contributed by atoms with van der Waals surface area (Å²) in [5.74, 6) is 0.0831. The molecule has 35 heavy (non-hydrogen) atoms. The zero-order chi connectivity index (χ0) is 24.9. The maximum absolute atomic E-state index is 11.3. The van der Waals surface area contributed by atoms with Crippen LogP contribution in [0.2, 0.25) is 0 Å². The van der Waals surface area contributed by atoms with Gasteiger partial charge in [0.25, 0.3) is 5.69 Å². The molecule has 2 N–H and O–H groups in total. The minimum Gasteiger partial charge on any atom is -0.326 e. The van der Waals surface area contributed by atoms with Crippen LogP contribution in [0.3, 0.4) is 0 Å². The van der Waals surface area contributed by atoms with Gasteiger partial charge in [-0.3, -0.25) is 19.7 Å². The van der Waals surface area contributed by atoms with Gasteiger partial charge in [-0.25, -0.2) is 9.97 Å². The lowest BCUT2D eigenvalue weighted by Gasteiger charge is -2.11. The van der Waals surface area contributed by atoms with Crippen molar-refractivity contribution in [3.8, 4) is 33.9 Å². The van der Waals surface area contributed by atoms with Gasteiger partial charge in [0.05, 0.1) is 16.3 Å². The number of hydrogen-bond donors (Lipinski definition) is 2. The Bertz CT molecular complexity index is 1320. The van der Waals surface area contributed by atoms with E-state index >= 15 is 0 Å². The van der Waals surface area contributed by atoms with Crippen LogP contribution in [-0.2, 0) is 9.59 Å². The van der Waals surface area contributed by atoms with Gasteiger partial charge in [-0.05, 0) is 42.5 Å². The summed E-state index contributed by atoms with van der Waals surface area (Å²) in [6.07, 6.45) is 0. The Hall–Kier alpha value is -4.92. The van der Waals surface area contributed by atoms with Crippen LogP contribution >= 0.6 is 0 Å². The number of rotatable bonds is 6. The van der Waals surface area contributed by atoms with Gasteiger partial charge in [-0.2, -0.15) is 0 Å². The minimum atomic E-state index is -0.459. The molecule has 0 bridgehead atoms. The third kappa shape index (κ3) is 5.72. The molecule has 0 atom stereocenters. The molecule has 0 unspecified atom stereocenters. The number of nitro benzene ring substituents is 1. The number of anilines is 2. The van der Waals surface area contributed by atoms with Gasteiger partial charge < -0.3 is 10.6 Å². The van der Waals surface area contributed by atoms with Gasteiger partial charge in [0, 0.05) is 54.0 Å². The number of nitrogens with one attached hydrogen (secondary N) is 2. The van der Waals surface area contributed by atoms with Gasteiger partial charge in [-0.15, -0.1) is 0 Å². The Kier molecular flexibility index (Phi) is 6.59. The van der Waals surface area contributed by atoms with Crippen molar-refractivity contribution in [3.63, 3.8) is 0 Å². The maximum atomic E-state index is 11.3. The lowest BCUT2D eigenvalue weighted by molar-refractivity contribution is -0.384. The quantitative estimate of drug-likeness (QED) is 0.292. The predicted octanol–water partition coefficient (Wildman–Crippen LogP) is 5.30. The molecule has 2 amide bonds. The van der Waals surface area contributed by atoms with E-state index in [1.54, 1.807) is 36.4 Å². The van der Waals surface area contributed by atoms with Crippen LogP contribution in [0.4, 0.5) is 17.1 Å². The van der Waals surface area contributed by atoms with Gasteiger partial charge in [0.1, 0.15) is 0 Å². The lowest BCUT2D eigenvalue weighted by Crippen LogP contribution is -2.05. The molecule has 1 aromatic heterocycles. The average molecular weight is 467 g/mol. The Balaban J connectivity index is 1.78. The van der Waals surface area contributed by atoms with Crippen molar-refractivity contribution < 1.29 is 14.5 Å². The highest BCUT2D eigenvalue weighted by molar-refractivity contribution is 5.89. The van der Waals surface area contributed by atoms with Gasteiger partial charge in [0.15, 0.2) is 5.82 Å². The van der Waals surface area contributed by atoms with Crippen LogP contribution in [0.1, 0.15) is 13.8 Å². The van der Waals surface area contributed by atoms with Crippen LogP contribution in [0.15, 0.2) is 78.9 Å². The third-order valence-electron chi connectivity index (χ3n) is 5.06. The first-order valence-corrected chi connectivity index (χ1v) is 10.7. The van der Waals surface area contributed by atoms with Crippen molar-refractivity contribution in [2.45, 2.75) is 13.8 Å². The Labute approximate surface area is 201 Å². The van der Waals surface area contributed by atoms with Crippen LogP contribution in [0, 0.1) is 10.1 Å². The van der Waals surface area contributed by atoms with Crippen molar-refractivity contribution in [2.24, 2.45) is 0 Å². The summed E-state index contributed by atoms with van der Waals surface area (Å²) in [6, 6.07) is 22.4. The van der Waals surface area contributed by atoms with Crippen molar-refractivity contribution in [1.82, 2.24) is 9.97 Å². The second-order valence-corrected chi connectivity index (χ2v) is 7.78. The van der Waals surface area contributed by atoms with Crippen LogP contribution in [0.25, 0.3) is 33.9 Å². The summed E-state index contributed by atoms with van der Waals surface area (Å²) in [7, 11) is 0. The molecular formula is C26H21N5O4. The predicted molar refractivity (Wildman–Crippen MR) is 134 cm³/mol. The van der Waals surface area contributed by atoms with E-state index in [0.29, 0.717) is 34.2 Å². The molecule has 0 fully saturated rings. The zero-order valence-electron chi connectivity index (χ0n) is 19.0. The first-order chi connectivity index (χ1) is 16.8. The van der Waals surface area contributed by atoms with E-state index in [1.807, 2.05) is 30.3 Å². The van der Waals surface area contributed by atoms with E-state index in [2.05, 4.69) is 10.6 Å². The highest BCUT2D eigenvalue weighted by atomic mass is 16.6. The van der Waals surface area contributed by atoms with E-state index in [4.69, 9.17) is 9.97 Å².